The third kappa shape index (κ3) is 1.04. The number of hydrogen-bond donors (Lipinski definition) is 0. The summed E-state index contributed by atoms with van der Waals surface area (Å²) in [5.74, 6) is 0. The molecule has 1 aliphatic heterocycles. The van der Waals surface area contributed by atoms with Gasteiger partial charge in [-0.1, -0.05) is 12.4 Å². The maximum absolute atomic E-state index is 4.83. The summed E-state index contributed by atoms with van der Waals surface area (Å²) >= 11 is 0. The summed E-state index contributed by atoms with van der Waals surface area (Å²) in [5.41, 5.74) is 0. The van der Waals surface area contributed by atoms with Gasteiger partial charge >= 0.3 is 0 Å². The van der Waals surface area contributed by atoms with Gasteiger partial charge in [-0.3, -0.25) is 4.84 Å². The molecule has 0 aromatic carbocycles. The molecule has 1 aliphatic rings. The van der Waals surface area contributed by atoms with E-state index in [1.807, 2.05) is 31.0 Å². The van der Waals surface area contributed by atoms with E-state index in [0.717, 1.165) is 0 Å². The smallest absolute Gasteiger partial charge is 0.0617 e. The van der Waals surface area contributed by atoms with Gasteiger partial charge in [0.2, 0.25) is 0 Å². The van der Waals surface area contributed by atoms with Crippen LogP contribution in [0.3, 0.4) is 0 Å². The molecule has 0 aromatic heterocycles. The van der Waals surface area contributed by atoms with Crippen molar-refractivity contribution in [3.63, 3.8) is 0 Å². The molecule has 0 fully saturated rings. The molecule has 0 N–H and O–H groups in total. The Bertz CT molecular complexity index is 106. The van der Waals surface area contributed by atoms with Gasteiger partial charge < -0.3 is 5.06 Å². The Balaban J connectivity index is 2.42. The molecule has 0 aromatic rings. The Labute approximate surface area is 49.0 Å². The second kappa shape index (κ2) is 2.43. The fourth-order valence-electron chi connectivity index (χ4n) is 0.505. The zero-order chi connectivity index (χ0) is 5.82. The third-order valence-corrected chi connectivity index (χ3v) is 0.899. The average Bonchev–Trinajstić information content (AvgIpc) is 1.90. The Kier molecular flexibility index (Phi) is 1.59. The molecule has 2 nitrogen and oxygen atoms in total. The van der Waals surface area contributed by atoms with Crippen LogP contribution in [0.15, 0.2) is 24.6 Å². The van der Waals surface area contributed by atoms with Crippen LogP contribution in [-0.2, 0) is 4.84 Å². The maximum atomic E-state index is 4.83. The summed E-state index contributed by atoms with van der Waals surface area (Å²) in [7, 11) is 1.62. The normalized spacial score (nSPS) is 16.4. The summed E-state index contributed by atoms with van der Waals surface area (Å²) in [6, 6.07) is 0. The predicted octanol–water partition coefficient (Wildman–Crippen LogP) is 1.10. The Hall–Kier alpha value is -0.890. The molecule has 0 atom stereocenters. The van der Waals surface area contributed by atoms with Crippen molar-refractivity contribution >= 4 is 0 Å². The monoisotopic (exact) mass is 110 g/mol. The van der Waals surface area contributed by atoms with E-state index in [2.05, 4.69) is 0 Å². The lowest BCUT2D eigenvalue weighted by Crippen LogP contribution is -2.08. The summed E-state index contributed by atoms with van der Waals surface area (Å²) < 4.78 is 0. The number of nitrogens with zero attached hydrogens (tertiary/aromatic N) is 1. The van der Waals surface area contributed by atoms with E-state index in [9.17, 15) is 0 Å². The highest BCUT2D eigenvalue weighted by molar-refractivity contribution is 5.12. The molecule has 0 saturated carbocycles. The molecular weight excluding hydrogens is 102 g/mol. The highest BCUT2D eigenvalue weighted by Crippen LogP contribution is 1.99. The van der Waals surface area contributed by atoms with E-state index in [1.165, 1.54) is 0 Å². The first-order valence-corrected chi connectivity index (χ1v) is 2.44. The number of rotatable bonds is 1. The molecular formula is C6H8NO-. The molecule has 1 rings (SSSR count). The largest absolute Gasteiger partial charge is 0.342 e. The first-order chi connectivity index (χ1) is 3.93. The van der Waals surface area contributed by atoms with E-state index in [0.29, 0.717) is 0 Å². The van der Waals surface area contributed by atoms with Crippen molar-refractivity contribution in [1.82, 2.24) is 5.06 Å². The van der Waals surface area contributed by atoms with E-state index in [-0.39, 0.29) is 0 Å². The van der Waals surface area contributed by atoms with Gasteiger partial charge in [0, 0.05) is 0 Å². The Morgan fingerprint density at radius 2 is 2.00 bits per heavy atom. The maximum Gasteiger partial charge on any atom is 0.0617 e. The van der Waals surface area contributed by atoms with Crippen molar-refractivity contribution in [2.75, 3.05) is 7.11 Å². The van der Waals surface area contributed by atoms with Crippen LogP contribution >= 0.6 is 0 Å². The summed E-state index contributed by atoms with van der Waals surface area (Å²) in [6.07, 6.45) is 9.42. The minimum absolute atomic E-state index is 1.62. The van der Waals surface area contributed by atoms with Crippen LogP contribution in [0, 0.1) is 6.42 Å². The van der Waals surface area contributed by atoms with E-state index in [4.69, 9.17) is 4.84 Å². The van der Waals surface area contributed by atoms with Gasteiger partial charge in [0.25, 0.3) is 0 Å². The van der Waals surface area contributed by atoms with Gasteiger partial charge in [0.05, 0.1) is 7.11 Å². The number of hydroxylamine groups is 2. The second-order valence-electron chi connectivity index (χ2n) is 1.42. The lowest BCUT2D eigenvalue weighted by atomic mass is 10.3. The van der Waals surface area contributed by atoms with Crippen molar-refractivity contribution < 1.29 is 4.84 Å². The minimum Gasteiger partial charge on any atom is -0.342 e. The lowest BCUT2D eigenvalue weighted by Gasteiger charge is -2.21. The molecule has 0 unspecified atom stereocenters. The van der Waals surface area contributed by atoms with E-state index < -0.39 is 0 Å². The van der Waals surface area contributed by atoms with Crippen molar-refractivity contribution in [2.45, 2.75) is 0 Å². The minimum atomic E-state index is 1.62. The molecule has 0 saturated heterocycles. The Morgan fingerprint density at radius 1 is 1.38 bits per heavy atom. The zero-order valence-corrected chi connectivity index (χ0v) is 4.74. The molecule has 8 heavy (non-hydrogen) atoms. The summed E-state index contributed by atoms with van der Waals surface area (Å²) in [5, 5.41) is 1.62. The second-order valence-corrected chi connectivity index (χ2v) is 1.42. The quantitative estimate of drug-likeness (QED) is 0.468. The van der Waals surface area contributed by atoms with Crippen molar-refractivity contribution in [3.05, 3.63) is 31.0 Å². The van der Waals surface area contributed by atoms with Gasteiger partial charge in [-0.25, -0.2) is 0 Å². The predicted molar refractivity (Wildman–Crippen MR) is 31.4 cm³/mol. The van der Waals surface area contributed by atoms with Crippen LogP contribution < -0.4 is 0 Å². The molecule has 0 spiro atoms. The molecule has 1 heterocycles. The fraction of sp³-hybridized carbons (Fsp3) is 0.167. The molecule has 0 aliphatic carbocycles. The van der Waals surface area contributed by atoms with Gasteiger partial charge in [0.1, 0.15) is 0 Å². The number of hydrogen-bond acceptors (Lipinski definition) is 2. The highest BCUT2D eigenvalue weighted by Gasteiger charge is 1.81. The van der Waals surface area contributed by atoms with Gasteiger partial charge in [-0.15, -0.1) is 0 Å². The van der Waals surface area contributed by atoms with Crippen molar-refractivity contribution in [1.29, 1.82) is 0 Å². The molecule has 0 amide bonds. The van der Waals surface area contributed by atoms with E-state index >= 15 is 0 Å². The number of allylic oxidation sites excluding steroid dienone is 2. The fourth-order valence-corrected chi connectivity index (χ4v) is 0.505. The van der Waals surface area contributed by atoms with Crippen molar-refractivity contribution in [3.8, 4) is 0 Å². The van der Waals surface area contributed by atoms with Crippen LogP contribution in [0.5, 0.6) is 0 Å². The average molecular weight is 110 g/mol. The molecule has 2 heteroatoms. The topological polar surface area (TPSA) is 12.5 Å². The van der Waals surface area contributed by atoms with Crippen LogP contribution in [0.2, 0.25) is 0 Å². The van der Waals surface area contributed by atoms with Crippen LogP contribution in [0.4, 0.5) is 0 Å². The van der Waals surface area contributed by atoms with Crippen LogP contribution in [0.25, 0.3) is 0 Å². The summed E-state index contributed by atoms with van der Waals surface area (Å²) in [4.78, 5) is 4.83. The van der Waals surface area contributed by atoms with Crippen molar-refractivity contribution in [2.24, 2.45) is 0 Å². The van der Waals surface area contributed by atoms with Crippen LogP contribution in [0.1, 0.15) is 0 Å². The summed E-state index contributed by atoms with van der Waals surface area (Å²) in [6.45, 7) is 0. The SMILES string of the molecule is CON1C=C[CH-]C=C1. The highest BCUT2D eigenvalue weighted by atomic mass is 16.7. The van der Waals surface area contributed by atoms with Gasteiger partial charge in [0.15, 0.2) is 0 Å². The lowest BCUT2D eigenvalue weighted by molar-refractivity contribution is -0.0445. The standard InChI is InChI=1S/C6H8NO/c1-8-7-5-3-2-4-6-7/h2-6H,1H3/q-1. The molecule has 0 bridgehead atoms. The molecule has 44 valence electrons. The van der Waals surface area contributed by atoms with Gasteiger partial charge in [-0.2, -0.15) is 18.6 Å². The first-order valence-electron chi connectivity index (χ1n) is 2.44. The van der Waals surface area contributed by atoms with Gasteiger partial charge in [-0.05, 0) is 0 Å². The van der Waals surface area contributed by atoms with Crippen LogP contribution in [-0.4, -0.2) is 12.2 Å². The third-order valence-electron chi connectivity index (χ3n) is 0.899. The first kappa shape index (κ1) is 5.25. The molecule has 0 radical (unpaired) electrons. The zero-order valence-electron chi connectivity index (χ0n) is 4.74. The Morgan fingerprint density at radius 3 is 2.38 bits per heavy atom. The van der Waals surface area contributed by atoms with E-state index in [1.54, 1.807) is 12.2 Å².